The first-order valence-electron chi connectivity index (χ1n) is 9.56. The molecule has 3 aromatic rings. The molecular formula is C24H28BP. The van der Waals surface area contributed by atoms with Gasteiger partial charge in [0.25, 0.3) is 0 Å². The first-order chi connectivity index (χ1) is 12.6. The van der Waals surface area contributed by atoms with E-state index in [1.54, 1.807) is 5.30 Å². The fourth-order valence-electron chi connectivity index (χ4n) is 3.96. The van der Waals surface area contributed by atoms with Crippen LogP contribution in [0.5, 0.6) is 0 Å². The molecule has 3 aromatic carbocycles. The van der Waals surface area contributed by atoms with Gasteiger partial charge in [0, 0.05) is 0 Å². The van der Waals surface area contributed by atoms with Crippen LogP contribution in [-0.2, 0) is 0 Å². The van der Waals surface area contributed by atoms with Gasteiger partial charge in [0.05, 0.1) is 0 Å². The molecule has 0 heterocycles. The van der Waals surface area contributed by atoms with Gasteiger partial charge in [0.15, 0.2) is 0 Å². The van der Waals surface area contributed by atoms with Crippen molar-refractivity contribution in [1.82, 2.24) is 0 Å². The third-order valence-electron chi connectivity index (χ3n) is 4.90. The maximum Gasteiger partial charge on any atom is 0.242 e. The first kappa shape index (κ1) is 18.9. The highest BCUT2D eigenvalue weighted by molar-refractivity contribution is 7.67. The molecule has 0 radical (unpaired) electrons. The van der Waals surface area contributed by atoms with Crippen molar-refractivity contribution in [3.8, 4) is 0 Å². The smallest absolute Gasteiger partial charge is 0.0706 e. The average Bonchev–Trinajstić information content (AvgIpc) is 2.64. The highest BCUT2D eigenvalue weighted by Gasteiger charge is 2.28. The van der Waals surface area contributed by atoms with Crippen LogP contribution >= 0.6 is 7.92 Å². The summed E-state index contributed by atoms with van der Waals surface area (Å²) in [5.41, 5.74) is 5.57. The molecule has 0 saturated carbocycles. The molecule has 2 heteroatoms. The van der Waals surface area contributed by atoms with Crippen molar-refractivity contribution >= 4 is 36.3 Å². The summed E-state index contributed by atoms with van der Waals surface area (Å²) < 4.78 is 0. The van der Waals surface area contributed by atoms with Gasteiger partial charge in [0.2, 0.25) is 6.71 Å². The zero-order valence-electron chi connectivity index (χ0n) is 16.3. The van der Waals surface area contributed by atoms with E-state index in [0.29, 0.717) is 11.3 Å². The third kappa shape index (κ3) is 4.10. The zero-order chi connectivity index (χ0) is 18.5. The van der Waals surface area contributed by atoms with E-state index in [1.807, 2.05) is 0 Å². The molecule has 26 heavy (non-hydrogen) atoms. The highest BCUT2D eigenvalue weighted by Crippen LogP contribution is 2.44. The Hall–Kier alpha value is -1.85. The Balaban J connectivity index is 2.20. The van der Waals surface area contributed by atoms with Crippen LogP contribution in [-0.4, -0.2) is 18.0 Å². The fraction of sp³-hybridized carbons (Fsp3) is 0.250. The maximum absolute atomic E-state index is 2.38. The van der Waals surface area contributed by atoms with Crippen LogP contribution in [0.15, 0.2) is 84.9 Å². The Bertz CT molecular complexity index is 764. The van der Waals surface area contributed by atoms with Gasteiger partial charge in [-0.15, -0.1) is 0 Å². The van der Waals surface area contributed by atoms with Crippen LogP contribution in [0.2, 0.25) is 0 Å². The Morgan fingerprint density at radius 2 is 1.00 bits per heavy atom. The minimum atomic E-state index is -0.208. The van der Waals surface area contributed by atoms with Crippen LogP contribution in [0.4, 0.5) is 0 Å². The van der Waals surface area contributed by atoms with Gasteiger partial charge in [-0.05, 0) is 16.6 Å². The van der Waals surface area contributed by atoms with Crippen LogP contribution in [0, 0.1) is 0 Å². The lowest BCUT2D eigenvalue weighted by Crippen LogP contribution is -2.56. The SMILES string of the molecule is CC(C)P(c1ccccc1B(c1ccccc1)c1ccccc1)C(C)C. The van der Waals surface area contributed by atoms with E-state index >= 15 is 0 Å². The Labute approximate surface area is 160 Å². The summed E-state index contributed by atoms with van der Waals surface area (Å²) >= 11 is 0. The standard InChI is InChI=1S/C24H28BP/c1-19(2)26(20(3)4)24-18-12-11-17-23(24)25(21-13-7-5-8-14-21)22-15-9-6-10-16-22/h5-20H,1-4H3. The van der Waals surface area contributed by atoms with E-state index in [9.17, 15) is 0 Å². The average molecular weight is 358 g/mol. The van der Waals surface area contributed by atoms with Gasteiger partial charge in [-0.2, -0.15) is 0 Å². The summed E-state index contributed by atoms with van der Waals surface area (Å²) in [5.74, 6) is 0. The molecule has 0 unspecified atom stereocenters. The molecule has 0 bridgehead atoms. The second-order valence-corrected chi connectivity index (χ2v) is 10.8. The summed E-state index contributed by atoms with van der Waals surface area (Å²) in [6, 6.07) is 31.0. The molecule has 3 rings (SSSR count). The summed E-state index contributed by atoms with van der Waals surface area (Å²) in [6.07, 6.45) is 0. The van der Waals surface area contributed by atoms with E-state index < -0.39 is 0 Å². The molecule has 0 nitrogen and oxygen atoms in total. The summed E-state index contributed by atoms with van der Waals surface area (Å²) in [6.45, 7) is 9.80. The lowest BCUT2D eigenvalue weighted by atomic mass is 9.37. The molecule has 132 valence electrons. The predicted octanol–water partition coefficient (Wildman–Crippen LogP) is 4.13. The molecule has 0 aromatic heterocycles. The van der Waals surface area contributed by atoms with Crippen LogP contribution in [0.25, 0.3) is 0 Å². The van der Waals surface area contributed by atoms with Crippen molar-refractivity contribution in [2.24, 2.45) is 0 Å². The number of benzene rings is 3. The minimum Gasteiger partial charge on any atom is -0.0706 e. The zero-order valence-corrected chi connectivity index (χ0v) is 17.2. The van der Waals surface area contributed by atoms with Crippen molar-refractivity contribution in [3.05, 3.63) is 84.9 Å². The Morgan fingerprint density at radius 3 is 1.46 bits per heavy atom. The monoisotopic (exact) mass is 358 g/mol. The van der Waals surface area contributed by atoms with E-state index in [-0.39, 0.29) is 14.6 Å². The van der Waals surface area contributed by atoms with Gasteiger partial charge < -0.3 is 0 Å². The van der Waals surface area contributed by atoms with E-state index in [2.05, 4.69) is 113 Å². The largest absolute Gasteiger partial charge is 0.242 e. The van der Waals surface area contributed by atoms with Crippen LogP contribution < -0.4 is 21.7 Å². The molecule has 0 spiro atoms. The van der Waals surface area contributed by atoms with Crippen LogP contribution in [0.1, 0.15) is 27.7 Å². The molecular weight excluding hydrogens is 330 g/mol. The van der Waals surface area contributed by atoms with Gasteiger partial charge >= 0.3 is 0 Å². The van der Waals surface area contributed by atoms with Crippen molar-refractivity contribution in [2.45, 2.75) is 39.0 Å². The van der Waals surface area contributed by atoms with Crippen LogP contribution in [0.3, 0.4) is 0 Å². The van der Waals surface area contributed by atoms with Crippen molar-refractivity contribution in [2.75, 3.05) is 0 Å². The normalized spacial score (nSPS) is 11.3. The maximum atomic E-state index is 2.38. The second-order valence-electron chi connectivity index (χ2n) is 7.41. The third-order valence-corrected chi connectivity index (χ3v) is 8.09. The van der Waals surface area contributed by atoms with Crippen molar-refractivity contribution < 1.29 is 0 Å². The Kier molecular flexibility index (Phi) is 6.33. The molecule has 0 atom stereocenters. The molecule has 0 saturated heterocycles. The van der Waals surface area contributed by atoms with E-state index in [0.717, 1.165) is 0 Å². The topological polar surface area (TPSA) is 0 Å². The quantitative estimate of drug-likeness (QED) is 0.459. The second kappa shape index (κ2) is 8.69. The summed E-state index contributed by atoms with van der Waals surface area (Å²) in [4.78, 5) is 0. The number of hydrogen-bond donors (Lipinski definition) is 0. The lowest BCUT2D eigenvalue weighted by Gasteiger charge is -2.30. The van der Waals surface area contributed by atoms with E-state index in [4.69, 9.17) is 0 Å². The van der Waals surface area contributed by atoms with Crippen molar-refractivity contribution in [3.63, 3.8) is 0 Å². The number of hydrogen-bond acceptors (Lipinski definition) is 0. The molecule has 0 aliphatic rings. The molecule has 0 aliphatic heterocycles. The molecule has 0 aliphatic carbocycles. The molecule has 0 fully saturated rings. The Morgan fingerprint density at radius 1 is 0.577 bits per heavy atom. The van der Waals surface area contributed by atoms with Crippen molar-refractivity contribution in [1.29, 1.82) is 0 Å². The van der Waals surface area contributed by atoms with E-state index in [1.165, 1.54) is 16.4 Å². The minimum absolute atomic E-state index is 0.208. The highest BCUT2D eigenvalue weighted by atomic mass is 31.1. The fourth-order valence-corrected chi connectivity index (χ4v) is 7.03. The molecule has 0 N–H and O–H groups in total. The lowest BCUT2D eigenvalue weighted by molar-refractivity contribution is 1.02. The summed E-state index contributed by atoms with van der Waals surface area (Å²) in [7, 11) is -0.208. The van der Waals surface area contributed by atoms with Gasteiger partial charge in [-0.1, -0.05) is 137 Å². The van der Waals surface area contributed by atoms with Gasteiger partial charge in [0.1, 0.15) is 0 Å². The predicted molar refractivity (Wildman–Crippen MR) is 121 cm³/mol. The number of rotatable bonds is 6. The van der Waals surface area contributed by atoms with Gasteiger partial charge in [-0.3, -0.25) is 0 Å². The molecule has 0 amide bonds. The first-order valence-corrected chi connectivity index (χ1v) is 11.0. The van der Waals surface area contributed by atoms with Gasteiger partial charge in [-0.25, -0.2) is 0 Å². The summed E-state index contributed by atoms with van der Waals surface area (Å²) in [5, 5.41) is 1.56.